The fourth-order valence-electron chi connectivity index (χ4n) is 0.865. The van der Waals surface area contributed by atoms with E-state index >= 15 is 0 Å². The maximum Gasteiger partial charge on any atom is 0.0569 e. The van der Waals surface area contributed by atoms with Crippen LogP contribution in [0, 0.1) is 13.8 Å². The summed E-state index contributed by atoms with van der Waals surface area (Å²) in [5.41, 5.74) is 2.68. The molecule has 0 aliphatic carbocycles. The number of hydrogen-bond donors (Lipinski definition) is 3. The Hall–Kier alpha value is -0.510. The highest BCUT2D eigenvalue weighted by atomic mass is 32.1. The minimum absolute atomic E-state index is 0.0559. The first-order valence-corrected chi connectivity index (χ1v) is 5.04. The van der Waals surface area contributed by atoms with Crippen LogP contribution in [0.25, 0.3) is 0 Å². The lowest BCUT2D eigenvalue weighted by Gasteiger charge is -1.96. The Morgan fingerprint density at radius 3 is 1.71 bits per heavy atom. The Labute approximate surface area is 91.0 Å². The summed E-state index contributed by atoms with van der Waals surface area (Å²) < 4.78 is 0. The van der Waals surface area contributed by atoms with Crippen LogP contribution in [0.3, 0.4) is 0 Å². The molecule has 2 nitrogen and oxygen atoms in total. The molecule has 0 fully saturated rings. The highest BCUT2D eigenvalue weighted by molar-refractivity contribution is 7.81. The summed E-state index contributed by atoms with van der Waals surface area (Å²) in [6.07, 6.45) is 0. The van der Waals surface area contributed by atoms with E-state index in [-0.39, 0.29) is 18.5 Å². The first-order chi connectivity index (χ1) is 6.60. The van der Waals surface area contributed by atoms with Crippen molar-refractivity contribution in [3.63, 3.8) is 0 Å². The average molecular weight is 214 g/mol. The first kappa shape index (κ1) is 13.5. The van der Waals surface area contributed by atoms with Crippen molar-refractivity contribution in [1.82, 2.24) is 0 Å². The second kappa shape index (κ2) is 7.85. The third-order valence-electron chi connectivity index (χ3n) is 1.60. The van der Waals surface area contributed by atoms with Gasteiger partial charge in [0.25, 0.3) is 0 Å². The van der Waals surface area contributed by atoms with Gasteiger partial charge in [0, 0.05) is 5.25 Å². The molecular weight excluding hydrogens is 196 g/mol. The number of rotatable bonds is 2. The molecule has 0 amide bonds. The van der Waals surface area contributed by atoms with E-state index in [1.54, 1.807) is 0 Å². The number of aliphatic hydroxyl groups is 2. The molecule has 1 aromatic rings. The van der Waals surface area contributed by atoms with E-state index in [9.17, 15) is 0 Å². The topological polar surface area (TPSA) is 40.5 Å². The van der Waals surface area contributed by atoms with Crippen LogP contribution in [0.15, 0.2) is 24.3 Å². The Balaban J connectivity index is 0.000000255. The number of benzene rings is 1. The van der Waals surface area contributed by atoms with E-state index in [2.05, 4.69) is 50.7 Å². The van der Waals surface area contributed by atoms with E-state index in [1.165, 1.54) is 11.1 Å². The summed E-state index contributed by atoms with van der Waals surface area (Å²) in [6, 6.07) is 8.45. The number of aliphatic hydroxyl groups excluding tert-OH is 2. The second-order valence-electron chi connectivity index (χ2n) is 3.18. The summed E-state index contributed by atoms with van der Waals surface area (Å²) in [5, 5.41) is 15.9. The van der Waals surface area contributed by atoms with E-state index < -0.39 is 0 Å². The van der Waals surface area contributed by atoms with Crippen molar-refractivity contribution in [1.29, 1.82) is 0 Å². The molecule has 14 heavy (non-hydrogen) atoms. The minimum Gasteiger partial charge on any atom is -0.395 e. The molecular formula is C11H18O2S. The van der Waals surface area contributed by atoms with Gasteiger partial charge in [-0.25, -0.2) is 0 Å². The maximum absolute atomic E-state index is 8.10. The summed E-state index contributed by atoms with van der Waals surface area (Å²) in [7, 11) is 0. The van der Waals surface area contributed by atoms with Crippen molar-refractivity contribution in [2.24, 2.45) is 0 Å². The number of thiol groups is 1. The van der Waals surface area contributed by atoms with Crippen LogP contribution in [-0.4, -0.2) is 28.7 Å². The predicted octanol–water partition coefficient (Wildman–Crippen LogP) is 1.57. The van der Waals surface area contributed by atoms with Gasteiger partial charge in [0.2, 0.25) is 0 Å². The van der Waals surface area contributed by atoms with E-state index in [0.29, 0.717) is 0 Å². The van der Waals surface area contributed by atoms with Crippen LogP contribution in [0.1, 0.15) is 11.1 Å². The monoisotopic (exact) mass is 214 g/mol. The molecule has 0 heterocycles. The van der Waals surface area contributed by atoms with Gasteiger partial charge in [0.1, 0.15) is 0 Å². The normalized spacial score (nSPS) is 9.57. The molecule has 0 atom stereocenters. The van der Waals surface area contributed by atoms with Crippen molar-refractivity contribution >= 4 is 12.6 Å². The fourth-order valence-corrected chi connectivity index (χ4v) is 0.865. The lowest BCUT2D eigenvalue weighted by molar-refractivity contribution is 0.229. The summed E-state index contributed by atoms with van der Waals surface area (Å²) in [4.78, 5) is 0. The molecule has 0 aliphatic heterocycles. The van der Waals surface area contributed by atoms with Crippen LogP contribution < -0.4 is 0 Å². The van der Waals surface area contributed by atoms with Gasteiger partial charge in [-0.2, -0.15) is 12.6 Å². The van der Waals surface area contributed by atoms with Gasteiger partial charge >= 0.3 is 0 Å². The first-order valence-electron chi connectivity index (χ1n) is 4.53. The zero-order valence-corrected chi connectivity index (χ0v) is 9.54. The van der Waals surface area contributed by atoms with Crippen molar-refractivity contribution in [3.05, 3.63) is 35.4 Å². The molecule has 0 aromatic heterocycles. The largest absolute Gasteiger partial charge is 0.395 e. The van der Waals surface area contributed by atoms with Gasteiger partial charge in [-0.15, -0.1) is 0 Å². The number of hydrogen-bond acceptors (Lipinski definition) is 3. The van der Waals surface area contributed by atoms with Gasteiger partial charge in [-0.1, -0.05) is 35.4 Å². The third kappa shape index (κ3) is 6.95. The molecule has 0 spiro atoms. The van der Waals surface area contributed by atoms with E-state index in [4.69, 9.17) is 10.2 Å². The maximum atomic E-state index is 8.10. The van der Waals surface area contributed by atoms with Crippen molar-refractivity contribution < 1.29 is 10.2 Å². The summed E-state index contributed by atoms with van der Waals surface area (Å²) in [5.74, 6) is 0. The van der Waals surface area contributed by atoms with Gasteiger partial charge in [0.15, 0.2) is 0 Å². The quantitative estimate of drug-likeness (QED) is 0.654. The van der Waals surface area contributed by atoms with E-state index in [0.717, 1.165) is 0 Å². The number of aryl methyl sites for hydroxylation is 2. The van der Waals surface area contributed by atoms with Crippen molar-refractivity contribution in [2.75, 3.05) is 13.2 Å². The molecule has 0 bridgehead atoms. The third-order valence-corrected chi connectivity index (χ3v) is 1.92. The van der Waals surface area contributed by atoms with Crippen LogP contribution in [-0.2, 0) is 0 Å². The molecule has 3 heteroatoms. The molecule has 0 saturated carbocycles. The molecule has 0 radical (unpaired) electrons. The second-order valence-corrected chi connectivity index (χ2v) is 3.91. The zero-order valence-electron chi connectivity index (χ0n) is 8.64. The van der Waals surface area contributed by atoms with Gasteiger partial charge in [-0.05, 0) is 13.8 Å². The van der Waals surface area contributed by atoms with E-state index in [1.807, 2.05) is 0 Å². The van der Waals surface area contributed by atoms with Gasteiger partial charge in [-0.3, -0.25) is 0 Å². The lowest BCUT2D eigenvalue weighted by Crippen LogP contribution is -2.08. The molecule has 80 valence electrons. The molecule has 1 aromatic carbocycles. The van der Waals surface area contributed by atoms with Crippen LogP contribution >= 0.6 is 12.6 Å². The molecule has 2 N–H and O–H groups in total. The van der Waals surface area contributed by atoms with Crippen molar-refractivity contribution in [3.8, 4) is 0 Å². The summed E-state index contributed by atoms with van der Waals surface area (Å²) in [6.45, 7) is 4.10. The van der Waals surface area contributed by atoms with Crippen LogP contribution in [0.2, 0.25) is 0 Å². The van der Waals surface area contributed by atoms with Crippen LogP contribution in [0.4, 0.5) is 0 Å². The zero-order chi connectivity index (χ0) is 11.0. The predicted molar refractivity (Wildman–Crippen MR) is 62.9 cm³/mol. The van der Waals surface area contributed by atoms with Gasteiger partial charge in [0.05, 0.1) is 13.2 Å². The lowest BCUT2D eigenvalue weighted by atomic mass is 10.2. The summed E-state index contributed by atoms with van der Waals surface area (Å²) >= 11 is 3.73. The Bertz CT molecular complexity index is 230. The smallest absolute Gasteiger partial charge is 0.0569 e. The standard InChI is InChI=1S/C8H10.C3H8O2S/c1-7-4-3-5-8(2)6-7;4-1-3(6)2-5/h3-6H,1-2H3;3-6H,1-2H2. The Morgan fingerprint density at radius 1 is 1.14 bits per heavy atom. The average Bonchev–Trinajstić information content (AvgIpc) is 2.17. The Kier molecular flexibility index (Phi) is 7.57. The highest BCUT2D eigenvalue weighted by Gasteiger charge is 1.92. The SMILES string of the molecule is Cc1cccc(C)c1.OCC(S)CO. The minimum atomic E-state index is -0.259. The molecule has 1 rings (SSSR count). The molecule has 0 aliphatic rings. The molecule has 0 unspecified atom stereocenters. The Morgan fingerprint density at radius 2 is 1.57 bits per heavy atom. The fraction of sp³-hybridized carbons (Fsp3) is 0.455. The highest BCUT2D eigenvalue weighted by Crippen LogP contribution is 2.00. The van der Waals surface area contributed by atoms with Crippen LogP contribution in [0.5, 0.6) is 0 Å². The van der Waals surface area contributed by atoms with Gasteiger partial charge < -0.3 is 10.2 Å². The van der Waals surface area contributed by atoms with Crippen molar-refractivity contribution in [2.45, 2.75) is 19.1 Å². The molecule has 0 saturated heterocycles.